The molecule has 0 spiro atoms. The monoisotopic (exact) mass is 378 g/mol. The number of hydrogen-bond acceptors (Lipinski definition) is 6. The molecule has 0 aliphatic carbocycles. The maximum absolute atomic E-state index is 8.93. The lowest BCUT2D eigenvalue weighted by atomic mass is 10.2. The van der Waals surface area contributed by atoms with Gasteiger partial charge in [0.05, 0.1) is 17.8 Å². The van der Waals surface area contributed by atoms with Gasteiger partial charge in [-0.1, -0.05) is 48.5 Å². The van der Waals surface area contributed by atoms with Crippen molar-refractivity contribution in [3.05, 3.63) is 102 Å². The van der Waals surface area contributed by atoms with Gasteiger partial charge >= 0.3 is 0 Å². The van der Waals surface area contributed by atoms with Crippen molar-refractivity contribution in [3.8, 4) is 6.07 Å². The molecular weight excluding hydrogens is 360 g/mol. The average molecular weight is 378 g/mol. The van der Waals surface area contributed by atoms with E-state index in [9.17, 15) is 0 Å². The van der Waals surface area contributed by atoms with E-state index < -0.39 is 0 Å². The minimum absolute atomic E-state index is 0.390. The molecule has 0 aliphatic rings. The summed E-state index contributed by atoms with van der Waals surface area (Å²) in [6.07, 6.45) is 1.65. The lowest BCUT2D eigenvalue weighted by Gasteiger charge is -2.24. The second kappa shape index (κ2) is 8.63. The predicted octanol–water partition coefficient (Wildman–Crippen LogP) is 4.83. The second-order valence-electron chi connectivity index (χ2n) is 6.36. The summed E-state index contributed by atoms with van der Waals surface area (Å²) >= 11 is 0. The molecule has 140 valence electrons. The molecule has 0 atom stereocenters. The summed E-state index contributed by atoms with van der Waals surface area (Å²) in [4.78, 5) is 6.75. The van der Waals surface area contributed by atoms with E-state index in [0.29, 0.717) is 23.9 Å². The van der Waals surface area contributed by atoms with Crippen LogP contribution in [0.5, 0.6) is 0 Å². The molecule has 0 fully saturated rings. The highest BCUT2D eigenvalue weighted by Gasteiger charge is 2.13. The van der Waals surface area contributed by atoms with Crippen molar-refractivity contribution >= 4 is 23.1 Å². The first-order valence-electron chi connectivity index (χ1n) is 9.15. The quantitative estimate of drug-likeness (QED) is 0.518. The Hall–Kier alpha value is -4.24. The Morgan fingerprint density at radius 3 is 2.24 bits per heavy atom. The van der Waals surface area contributed by atoms with Crippen molar-refractivity contribution in [2.24, 2.45) is 0 Å². The number of anilines is 4. The minimum atomic E-state index is 0.390. The molecule has 0 aliphatic heterocycles. The van der Waals surface area contributed by atoms with Gasteiger partial charge in [0.15, 0.2) is 5.82 Å². The summed E-state index contributed by atoms with van der Waals surface area (Å²) in [6, 6.07) is 29.5. The highest BCUT2D eigenvalue weighted by atomic mass is 15.3. The zero-order chi connectivity index (χ0) is 19.9. The van der Waals surface area contributed by atoms with Crippen LogP contribution in [0, 0.1) is 11.3 Å². The molecule has 0 bridgehead atoms. The van der Waals surface area contributed by atoms with Crippen molar-refractivity contribution in [1.29, 1.82) is 5.26 Å². The third kappa shape index (κ3) is 4.54. The molecule has 0 unspecified atom stereocenters. The van der Waals surface area contributed by atoms with Crippen LogP contribution in [0.4, 0.5) is 23.1 Å². The van der Waals surface area contributed by atoms with Gasteiger partial charge in [-0.15, -0.1) is 5.10 Å². The van der Waals surface area contributed by atoms with E-state index in [4.69, 9.17) is 5.26 Å². The van der Waals surface area contributed by atoms with Crippen LogP contribution < -0.4 is 10.2 Å². The number of para-hydroxylation sites is 1. The minimum Gasteiger partial charge on any atom is -0.323 e. The molecule has 6 heteroatoms. The Bertz CT molecular complexity index is 1110. The van der Waals surface area contributed by atoms with Crippen LogP contribution in [0.25, 0.3) is 0 Å². The van der Waals surface area contributed by atoms with Crippen molar-refractivity contribution in [1.82, 2.24) is 15.2 Å². The second-order valence-corrected chi connectivity index (χ2v) is 6.36. The standard InChI is InChI=1S/C23H18N6/c24-15-18-11-13-20(14-12-18)26-23-27-22(16-25-28-23)29(21-9-5-2-6-10-21)17-19-7-3-1-4-8-19/h1-14,16H,17H2,(H,26,27,28). The third-order valence-electron chi connectivity index (χ3n) is 4.34. The summed E-state index contributed by atoms with van der Waals surface area (Å²) < 4.78 is 0. The molecule has 29 heavy (non-hydrogen) atoms. The van der Waals surface area contributed by atoms with Crippen molar-refractivity contribution < 1.29 is 0 Å². The molecule has 1 N–H and O–H groups in total. The molecule has 1 aromatic heterocycles. The van der Waals surface area contributed by atoms with Crippen LogP contribution in [-0.2, 0) is 6.54 Å². The van der Waals surface area contributed by atoms with E-state index in [0.717, 1.165) is 16.9 Å². The molecular formula is C23H18N6. The van der Waals surface area contributed by atoms with E-state index in [1.807, 2.05) is 60.7 Å². The van der Waals surface area contributed by atoms with Crippen LogP contribution in [0.3, 0.4) is 0 Å². The fourth-order valence-electron chi connectivity index (χ4n) is 2.91. The third-order valence-corrected chi connectivity index (χ3v) is 4.34. The van der Waals surface area contributed by atoms with Gasteiger partial charge in [0.1, 0.15) is 0 Å². The van der Waals surface area contributed by atoms with Crippen LogP contribution >= 0.6 is 0 Å². The molecule has 0 saturated heterocycles. The molecule has 6 nitrogen and oxygen atoms in total. The Balaban J connectivity index is 1.64. The fourth-order valence-corrected chi connectivity index (χ4v) is 2.91. The van der Waals surface area contributed by atoms with Gasteiger partial charge < -0.3 is 10.2 Å². The van der Waals surface area contributed by atoms with Gasteiger partial charge in [-0.2, -0.15) is 15.3 Å². The summed E-state index contributed by atoms with van der Waals surface area (Å²) in [5.41, 5.74) is 3.57. The van der Waals surface area contributed by atoms with E-state index in [1.54, 1.807) is 18.3 Å². The first-order valence-corrected chi connectivity index (χ1v) is 9.15. The Kier molecular flexibility index (Phi) is 5.40. The Morgan fingerprint density at radius 2 is 1.55 bits per heavy atom. The molecule has 0 radical (unpaired) electrons. The number of nitrogens with one attached hydrogen (secondary N) is 1. The lowest BCUT2D eigenvalue weighted by Crippen LogP contribution is -2.18. The van der Waals surface area contributed by atoms with Gasteiger partial charge in [-0.25, -0.2) is 0 Å². The normalized spacial score (nSPS) is 10.2. The number of rotatable bonds is 6. The zero-order valence-electron chi connectivity index (χ0n) is 15.6. The topological polar surface area (TPSA) is 77.7 Å². The van der Waals surface area contributed by atoms with Gasteiger partial charge in [-0.05, 0) is 42.0 Å². The molecule has 1 heterocycles. The average Bonchev–Trinajstić information content (AvgIpc) is 2.79. The largest absolute Gasteiger partial charge is 0.323 e. The summed E-state index contributed by atoms with van der Waals surface area (Å²) in [5.74, 6) is 1.08. The van der Waals surface area contributed by atoms with E-state index in [-0.39, 0.29) is 0 Å². The molecule has 0 amide bonds. The maximum atomic E-state index is 8.93. The van der Waals surface area contributed by atoms with Gasteiger partial charge in [-0.3, -0.25) is 0 Å². The van der Waals surface area contributed by atoms with Crippen LogP contribution in [0.15, 0.2) is 91.1 Å². The van der Waals surface area contributed by atoms with Crippen molar-refractivity contribution in [2.45, 2.75) is 6.54 Å². The van der Waals surface area contributed by atoms with Crippen LogP contribution in [0.2, 0.25) is 0 Å². The molecule has 3 aromatic carbocycles. The highest BCUT2D eigenvalue weighted by Crippen LogP contribution is 2.26. The van der Waals surface area contributed by atoms with E-state index >= 15 is 0 Å². The highest BCUT2D eigenvalue weighted by molar-refractivity contribution is 5.62. The summed E-state index contributed by atoms with van der Waals surface area (Å²) in [7, 11) is 0. The predicted molar refractivity (Wildman–Crippen MR) is 113 cm³/mol. The smallest absolute Gasteiger partial charge is 0.249 e. The first-order chi connectivity index (χ1) is 14.3. The number of nitrogens with zero attached hydrogens (tertiary/aromatic N) is 5. The molecule has 4 rings (SSSR count). The number of hydrogen-bond donors (Lipinski definition) is 1. The SMILES string of the molecule is N#Cc1ccc(Nc2nncc(N(Cc3ccccc3)c3ccccc3)n2)cc1. The van der Waals surface area contributed by atoms with Gasteiger partial charge in [0, 0.05) is 17.9 Å². The lowest BCUT2D eigenvalue weighted by molar-refractivity contribution is 0.900. The van der Waals surface area contributed by atoms with Crippen molar-refractivity contribution in [2.75, 3.05) is 10.2 Å². The van der Waals surface area contributed by atoms with Crippen LogP contribution in [-0.4, -0.2) is 15.2 Å². The Morgan fingerprint density at radius 1 is 0.862 bits per heavy atom. The summed E-state index contributed by atoms with van der Waals surface area (Å²) in [5, 5.41) is 20.3. The van der Waals surface area contributed by atoms with Gasteiger partial charge in [0.2, 0.25) is 5.95 Å². The number of benzene rings is 3. The zero-order valence-corrected chi connectivity index (χ0v) is 15.6. The van der Waals surface area contributed by atoms with E-state index in [2.05, 4.69) is 43.6 Å². The number of nitriles is 1. The summed E-state index contributed by atoms with van der Waals surface area (Å²) in [6.45, 7) is 0.653. The fraction of sp³-hybridized carbons (Fsp3) is 0.0435. The van der Waals surface area contributed by atoms with E-state index in [1.165, 1.54) is 0 Å². The first kappa shape index (κ1) is 18.1. The maximum Gasteiger partial charge on any atom is 0.249 e. The Labute approximate surface area is 169 Å². The number of aromatic nitrogens is 3. The van der Waals surface area contributed by atoms with Gasteiger partial charge in [0.25, 0.3) is 0 Å². The van der Waals surface area contributed by atoms with Crippen LogP contribution in [0.1, 0.15) is 11.1 Å². The molecule has 4 aromatic rings. The van der Waals surface area contributed by atoms with Crippen molar-refractivity contribution in [3.63, 3.8) is 0 Å². The molecule has 0 saturated carbocycles.